The van der Waals surface area contributed by atoms with Crippen LogP contribution in [0.25, 0.3) is 0 Å². The maximum Gasteiger partial charge on any atom is 0.427 e. The molecule has 1 fully saturated rings. The van der Waals surface area contributed by atoms with E-state index in [4.69, 9.17) is 16.5 Å². The van der Waals surface area contributed by atoms with Crippen molar-refractivity contribution in [3.8, 4) is 0 Å². The van der Waals surface area contributed by atoms with Crippen molar-refractivity contribution < 1.29 is 22.7 Å². The van der Waals surface area contributed by atoms with Crippen LogP contribution in [0.3, 0.4) is 0 Å². The Hall–Kier alpha value is -1.27. The molecule has 0 aliphatic carbocycles. The first-order valence-corrected chi connectivity index (χ1v) is 5.93. The summed E-state index contributed by atoms with van der Waals surface area (Å²) < 4.78 is 45.2. The maximum atomic E-state index is 13.3. The highest BCUT2D eigenvalue weighted by molar-refractivity contribution is 6.22. The summed E-state index contributed by atoms with van der Waals surface area (Å²) in [5.74, 6) is -1.27. The molecule has 3 nitrogen and oxygen atoms in total. The second-order valence-corrected chi connectivity index (χ2v) is 4.63. The number of ether oxygens (including phenoxy) is 1. The van der Waals surface area contributed by atoms with Crippen molar-refractivity contribution >= 4 is 17.7 Å². The molecule has 1 aliphatic rings. The predicted octanol–water partition coefficient (Wildman–Crippen LogP) is 2.54. The van der Waals surface area contributed by atoms with Crippen molar-refractivity contribution in [2.24, 2.45) is 0 Å². The first kappa shape index (κ1) is 14.1. The third-order valence-corrected chi connectivity index (χ3v) is 3.28. The van der Waals surface area contributed by atoms with Gasteiger partial charge in [-0.3, -0.25) is 4.79 Å². The molecular weight excluding hydrogens is 283 g/mol. The Balaban J connectivity index is 2.38. The van der Waals surface area contributed by atoms with Gasteiger partial charge in [0.1, 0.15) is 0 Å². The van der Waals surface area contributed by atoms with Gasteiger partial charge in [-0.15, -0.1) is 0 Å². The van der Waals surface area contributed by atoms with Gasteiger partial charge < -0.3 is 4.74 Å². The van der Waals surface area contributed by atoms with E-state index >= 15 is 0 Å². The van der Waals surface area contributed by atoms with Crippen LogP contribution < -0.4 is 0 Å². The van der Waals surface area contributed by atoms with Crippen LogP contribution in [0.1, 0.15) is 5.56 Å². The van der Waals surface area contributed by atoms with Crippen LogP contribution in [0.2, 0.25) is 0 Å². The molecule has 1 heterocycles. The van der Waals surface area contributed by atoms with E-state index in [1.807, 2.05) is 0 Å². The average molecular weight is 294 g/mol. The van der Waals surface area contributed by atoms with Gasteiger partial charge in [-0.1, -0.05) is 30.3 Å². The van der Waals surface area contributed by atoms with E-state index in [2.05, 4.69) is 0 Å². The smallest absolute Gasteiger partial charge is 0.355 e. The summed E-state index contributed by atoms with van der Waals surface area (Å²) in [4.78, 5) is 11.8. The van der Waals surface area contributed by atoms with Gasteiger partial charge in [0.25, 0.3) is 5.91 Å². The minimum absolute atomic E-state index is 0.0625. The standard InChI is InChI=1S/C12H11ClF3NO2/c13-17-6-7-19-11(10(17)18,12(14,15)16)8-9-4-2-1-3-5-9/h1-5H,6-8H2. The third-order valence-electron chi connectivity index (χ3n) is 2.96. The van der Waals surface area contributed by atoms with E-state index < -0.39 is 24.1 Å². The van der Waals surface area contributed by atoms with Crippen molar-refractivity contribution in [1.29, 1.82) is 0 Å². The van der Waals surface area contributed by atoms with Crippen molar-refractivity contribution in [2.45, 2.75) is 18.2 Å². The SMILES string of the molecule is O=C1N(Cl)CCOC1(Cc1ccccc1)C(F)(F)F. The highest BCUT2D eigenvalue weighted by Gasteiger charge is 2.64. The van der Waals surface area contributed by atoms with Gasteiger partial charge in [0.05, 0.1) is 13.2 Å². The Morgan fingerprint density at radius 3 is 2.53 bits per heavy atom. The van der Waals surface area contributed by atoms with Gasteiger partial charge in [0.2, 0.25) is 5.60 Å². The highest BCUT2D eigenvalue weighted by atomic mass is 35.5. The summed E-state index contributed by atoms with van der Waals surface area (Å²) in [6, 6.07) is 7.91. The van der Waals surface area contributed by atoms with Crippen LogP contribution in [0.15, 0.2) is 30.3 Å². The summed E-state index contributed by atoms with van der Waals surface area (Å²) in [7, 11) is 0. The van der Waals surface area contributed by atoms with E-state index in [9.17, 15) is 18.0 Å². The van der Waals surface area contributed by atoms with Gasteiger partial charge in [-0.25, -0.2) is 4.42 Å². The molecule has 1 aromatic carbocycles. The van der Waals surface area contributed by atoms with Crippen molar-refractivity contribution in [3.63, 3.8) is 0 Å². The molecule has 19 heavy (non-hydrogen) atoms. The second kappa shape index (κ2) is 5.02. The van der Waals surface area contributed by atoms with Gasteiger partial charge in [0.15, 0.2) is 0 Å². The topological polar surface area (TPSA) is 29.5 Å². The molecule has 1 saturated heterocycles. The highest BCUT2D eigenvalue weighted by Crippen LogP contribution is 2.40. The number of alkyl halides is 3. The monoisotopic (exact) mass is 293 g/mol. The molecule has 1 aliphatic heterocycles. The molecule has 7 heteroatoms. The summed E-state index contributed by atoms with van der Waals surface area (Å²) >= 11 is 5.53. The fourth-order valence-corrected chi connectivity index (χ4v) is 2.18. The minimum atomic E-state index is -4.83. The zero-order valence-corrected chi connectivity index (χ0v) is 10.5. The van der Waals surface area contributed by atoms with E-state index in [1.54, 1.807) is 18.2 Å². The molecule has 0 aromatic heterocycles. The predicted molar refractivity (Wildman–Crippen MR) is 62.5 cm³/mol. The van der Waals surface area contributed by atoms with Crippen LogP contribution in [-0.2, 0) is 16.0 Å². The zero-order valence-electron chi connectivity index (χ0n) is 9.78. The number of morpholine rings is 1. The van der Waals surface area contributed by atoms with Crippen LogP contribution in [0, 0.1) is 0 Å². The number of amides is 1. The lowest BCUT2D eigenvalue weighted by molar-refractivity contribution is -0.277. The van der Waals surface area contributed by atoms with Gasteiger partial charge in [-0.05, 0) is 5.56 Å². The molecule has 1 unspecified atom stereocenters. The molecule has 104 valence electrons. The van der Waals surface area contributed by atoms with Gasteiger partial charge in [-0.2, -0.15) is 13.2 Å². The molecular formula is C12H11ClF3NO2. The lowest BCUT2D eigenvalue weighted by Gasteiger charge is -2.39. The summed E-state index contributed by atoms with van der Waals surface area (Å²) in [6.07, 6.45) is -5.41. The van der Waals surface area contributed by atoms with E-state index in [1.165, 1.54) is 12.1 Å². The zero-order chi connectivity index (χ0) is 14.1. The van der Waals surface area contributed by atoms with Crippen LogP contribution in [0.4, 0.5) is 13.2 Å². The largest absolute Gasteiger partial charge is 0.427 e. The Morgan fingerprint density at radius 2 is 1.95 bits per heavy atom. The van der Waals surface area contributed by atoms with E-state index in [0.29, 0.717) is 9.98 Å². The van der Waals surface area contributed by atoms with Crippen molar-refractivity contribution in [3.05, 3.63) is 35.9 Å². The molecule has 0 saturated carbocycles. The first-order valence-electron chi connectivity index (χ1n) is 5.59. The number of rotatable bonds is 2. The van der Waals surface area contributed by atoms with Crippen LogP contribution in [-0.4, -0.2) is 35.3 Å². The summed E-state index contributed by atoms with van der Waals surface area (Å²) in [6.45, 7) is -0.311. The quantitative estimate of drug-likeness (QED) is 0.784. The van der Waals surface area contributed by atoms with E-state index in [-0.39, 0.29) is 13.2 Å². The molecule has 1 atom stereocenters. The molecule has 0 radical (unpaired) electrons. The lowest BCUT2D eigenvalue weighted by atomic mass is 9.91. The summed E-state index contributed by atoms with van der Waals surface area (Å²) in [5.41, 5.74) is -2.53. The number of carbonyl (C=O) groups is 1. The Morgan fingerprint density at radius 1 is 1.32 bits per heavy atom. The molecule has 1 aromatic rings. The average Bonchev–Trinajstić information content (AvgIpc) is 2.35. The van der Waals surface area contributed by atoms with Gasteiger partial charge >= 0.3 is 6.18 Å². The number of hydrogen-bond donors (Lipinski definition) is 0. The first-order chi connectivity index (χ1) is 8.87. The molecule has 0 spiro atoms. The maximum absolute atomic E-state index is 13.3. The minimum Gasteiger partial charge on any atom is -0.355 e. The van der Waals surface area contributed by atoms with Gasteiger partial charge in [0, 0.05) is 18.2 Å². The normalized spacial score (nSPS) is 24.6. The molecule has 0 N–H and O–H groups in total. The number of carbonyl (C=O) groups excluding carboxylic acids is 1. The van der Waals surface area contributed by atoms with E-state index in [0.717, 1.165) is 0 Å². The lowest BCUT2D eigenvalue weighted by Crippen LogP contribution is -2.63. The Bertz CT molecular complexity index is 466. The fourth-order valence-electron chi connectivity index (χ4n) is 1.97. The molecule has 1 amide bonds. The Labute approximate surface area is 113 Å². The van der Waals surface area contributed by atoms with Crippen LogP contribution >= 0.6 is 11.8 Å². The van der Waals surface area contributed by atoms with Crippen LogP contribution in [0.5, 0.6) is 0 Å². The van der Waals surface area contributed by atoms with Crippen molar-refractivity contribution in [2.75, 3.05) is 13.2 Å². The number of nitrogens with zero attached hydrogens (tertiary/aromatic N) is 1. The fraction of sp³-hybridized carbons (Fsp3) is 0.417. The summed E-state index contributed by atoms with van der Waals surface area (Å²) in [5, 5.41) is 0. The van der Waals surface area contributed by atoms with Crippen molar-refractivity contribution in [1.82, 2.24) is 4.42 Å². The molecule has 0 bridgehead atoms. The Kier molecular flexibility index (Phi) is 3.73. The number of benzene rings is 1. The second-order valence-electron chi connectivity index (χ2n) is 4.23. The molecule has 2 rings (SSSR count). The third kappa shape index (κ3) is 2.55. The number of hydrogen-bond acceptors (Lipinski definition) is 2. The number of halogens is 4.